The van der Waals surface area contributed by atoms with Crippen LogP contribution in [0.5, 0.6) is 5.75 Å². The molecule has 0 aliphatic carbocycles. The van der Waals surface area contributed by atoms with E-state index in [1.54, 1.807) is 18.0 Å². The second-order valence-electron chi connectivity index (χ2n) is 8.86. The second-order valence-corrected chi connectivity index (χ2v) is 8.86. The van der Waals surface area contributed by atoms with Gasteiger partial charge in [-0.25, -0.2) is 9.69 Å². The van der Waals surface area contributed by atoms with E-state index in [0.29, 0.717) is 25.1 Å². The highest BCUT2D eigenvalue weighted by atomic mass is 19.4. The molecule has 2 fully saturated rings. The van der Waals surface area contributed by atoms with Gasteiger partial charge in [-0.3, -0.25) is 14.6 Å². The smallest absolute Gasteiger partial charge is 0.405 e. The molecule has 4 rings (SSSR count). The third kappa shape index (κ3) is 5.51. The summed E-state index contributed by atoms with van der Waals surface area (Å²) in [6.07, 6.45) is -3.49. The number of rotatable bonds is 7. The van der Waals surface area contributed by atoms with Crippen LogP contribution >= 0.6 is 0 Å². The SMILES string of the molecule is CN(Cc1ccccc1OC(F)(F)F)CN1C(=O)N[C@]2(CCCN(Cc3ccccc3)C2)C1=O. The van der Waals surface area contributed by atoms with E-state index in [9.17, 15) is 22.8 Å². The molecule has 0 saturated carbocycles. The topological polar surface area (TPSA) is 65.1 Å². The summed E-state index contributed by atoms with van der Waals surface area (Å²) in [6.45, 7) is 1.94. The summed E-state index contributed by atoms with van der Waals surface area (Å²) in [4.78, 5) is 31.0. The third-order valence-corrected chi connectivity index (χ3v) is 6.09. The van der Waals surface area contributed by atoms with Gasteiger partial charge in [0.2, 0.25) is 0 Å². The predicted molar refractivity (Wildman–Crippen MR) is 119 cm³/mol. The van der Waals surface area contributed by atoms with Crippen molar-refractivity contribution in [3.8, 4) is 5.75 Å². The Balaban J connectivity index is 1.41. The van der Waals surface area contributed by atoms with Crippen LogP contribution < -0.4 is 10.1 Å². The number of piperidine rings is 1. The van der Waals surface area contributed by atoms with Crippen LogP contribution in [-0.2, 0) is 17.9 Å². The van der Waals surface area contributed by atoms with Gasteiger partial charge in [-0.15, -0.1) is 13.2 Å². The molecule has 10 heteroatoms. The van der Waals surface area contributed by atoms with Crippen molar-refractivity contribution in [2.45, 2.75) is 37.8 Å². The molecular formula is C24H27F3N4O3. The van der Waals surface area contributed by atoms with Crippen molar-refractivity contribution in [1.29, 1.82) is 0 Å². The first-order chi connectivity index (χ1) is 16.2. The summed E-state index contributed by atoms with van der Waals surface area (Å²) in [5.41, 5.74) is 0.450. The van der Waals surface area contributed by atoms with Crippen molar-refractivity contribution in [3.05, 3.63) is 65.7 Å². The maximum Gasteiger partial charge on any atom is 0.573 e. The lowest BCUT2D eigenvalue weighted by Gasteiger charge is -2.38. The number of hydrogen-bond acceptors (Lipinski definition) is 5. The Kier molecular flexibility index (Phi) is 6.81. The van der Waals surface area contributed by atoms with Crippen LogP contribution in [0.1, 0.15) is 24.0 Å². The summed E-state index contributed by atoms with van der Waals surface area (Å²) >= 11 is 0. The lowest BCUT2D eigenvalue weighted by molar-refractivity contribution is -0.275. The lowest BCUT2D eigenvalue weighted by atomic mass is 9.88. The molecule has 2 aliphatic heterocycles. The summed E-state index contributed by atoms with van der Waals surface area (Å²) in [7, 11) is 1.64. The van der Waals surface area contributed by atoms with Crippen LogP contribution in [0.4, 0.5) is 18.0 Å². The number of urea groups is 1. The van der Waals surface area contributed by atoms with Gasteiger partial charge in [-0.05, 0) is 38.1 Å². The van der Waals surface area contributed by atoms with Crippen molar-refractivity contribution < 1.29 is 27.5 Å². The van der Waals surface area contributed by atoms with Gasteiger partial charge in [0.25, 0.3) is 5.91 Å². The van der Waals surface area contributed by atoms with E-state index in [1.807, 2.05) is 30.3 Å². The van der Waals surface area contributed by atoms with E-state index < -0.39 is 17.9 Å². The number of hydrogen-bond donors (Lipinski definition) is 1. The van der Waals surface area contributed by atoms with Crippen LogP contribution in [0.25, 0.3) is 0 Å². The molecule has 0 radical (unpaired) electrons. The first-order valence-electron chi connectivity index (χ1n) is 11.1. The molecule has 182 valence electrons. The van der Waals surface area contributed by atoms with Gasteiger partial charge < -0.3 is 10.1 Å². The molecule has 34 heavy (non-hydrogen) atoms. The van der Waals surface area contributed by atoms with Crippen LogP contribution in [0, 0.1) is 0 Å². The van der Waals surface area contributed by atoms with Crippen LogP contribution in [0.15, 0.2) is 54.6 Å². The molecule has 1 spiro atoms. The molecule has 2 aromatic rings. The van der Waals surface area contributed by atoms with Crippen molar-refractivity contribution in [1.82, 2.24) is 20.0 Å². The average Bonchev–Trinajstić information content (AvgIpc) is 2.98. The zero-order valence-electron chi connectivity index (χ0n) is 18.8. The van der Waals surface area contributed by atoms with Gasteiger partial charge in [-0.2, -0.15) is 0 Å². The van der Waals surface area contributed by atoms with Crippen molar-refractivity contribution in [3.63, 3.8) is 0 Å². The lowest BCUT2D eigenvalue weighted by Crippen LogP contribution is -2.58. The van der Waals surface area contributed by atoms with E-state index >= 15 is 0 Å². The number of carbonyl (C=O) groups is 2. The fraction of sp³-hybridized carbons (Fsp3) is 0.417. The third-order valence-electron chi connectivity index (χ3n) is 6.09. The number of amides is 3. The number of imide groups is 1. The quantitative estimate of drug-likeness (QED) is 0.620. The normalized spacial score (nSPS) is 21.4. The summed E-state index contributed by atoms with van der Waals surface area (Å²) in [5.74, 6) is -0.610. The molecule has 2 aromatic carbocycles. The largest absolute Gasteiger partial charge is 0.573 e. The van der Waals surface area contributed by atoms with Gasteiger partial charge in [-0.1, -0.05) is 48.5 Å². The Bertz CT molecular complexity index is 1030. The number of nitrogens with one attached hydrogen (secondary N) is 1. The van der Waals surface area contributed by atoms with E-state index in [0.717, 1.165) is 23.4 Å². The molecule has 1 N–H and O–H groups in total. The van der Waals surface area contributed by atoms with Crippen LogP contribution in [0.3, 0.4) is 0 Å². The van der Waals surface area contributed by atoms with Gasteiger partial charge in [0.15, 0.2) is 0 Å². The van der Waals surface area contributed by atoms with Gasteiger partial charge in [0.1, 0.15) is 11.3 Å². The first kappa shape index (κ1) is 24.0. The fourth-order valence-corrected chi connectivity index (χ4v) is 4.64. The predicted octanol–water partition coefficient (Wildman–Crippen LogP) is 3.56. The van der Waals surface area contributed by atoms with Crippen molar-refractivity contribution in [2.75, 3.05) is 26.8 Å². The number of halogens is 3. The molecule has 3 amide bonds. The number of ether oxygens (including phenoxy) is 1. The Morgan fingerprint density at radius 2 is 1.79 bits per heavy atom. The molecular weight excluding hydrogens is 449 g/mol. The van der Waals surface area contributed by atoms with E-state index in [4.69, 9.17) is 0 Å². The number of benzene rings is 2. The number of nitrogens with zero attached hydrogens (tertiary/aromatic N) is 3. The Labute approximate surface area is 196 Å². The minimum atomic E-state index is -4.81. The van der Waals surface area contributed by atoms with Gasteiger partial charge >= 0.3 is 12.4 Å². The molecule has 1 atom stereocenters. The summed E-state index contributed by atoms with van der Waals surface area (Å²) < 4.78 is 42.2. The molecule has 7 nitrogen and oxygen atoms in total. The fourth-order valence-electron chi connectivity index (χ4n) is 4.64. The van der Waals surface area contributed by atoms with E-state index in [2.05, 4.69) is 15.0 Å². The highest BCUT2D eigenvalue weighted by Crippen LogP contribution is 2.30. The first-order valence-corrected chi connectivity index (χ1v) is 11.1. The Hall–Kier alpha value is -3.11. The Morgan fingerprint density at radius 1 is 1.09 bits per heavy atom. The highest BCUT2D eigenvalue weighted by molar-refractivity contribution is 6.07. The zero-order chi connectivity index (χ0) is 24.3. The van der Waals surface area contributed by atoms with Crippen LogP contribution in [0.2, 0.25) is 0 Å². The maximum atomic E-state index is 13.3. The summed E-state index contributed by atoms with van der Waals surface area (Å²) in [6, 6.07) is 15.3. The molecule has 2 aliphatic rings. The molecule has 0 unspecified atom stereocenters. The van der Waals surface area contributed by atoms with Gasteiger partial charge in [0, 0.05) is 25.2 Å². The van der Waals surface area contributed by atoms with Crippen molar-refractivity contribution in [2.24, 2.45) is 0 Å². The number of carbonyl (C=O) groups excluding carboxylic acids is 2. The van der Waals surface area contributed by atoms with Gasteiger partial charge in [0.05, 0.1) is 6.67 Å². The molecule has 0 bridgehead atoms. The summed E-state index contributed by atoms with van der Waals surface area (Å²) in [5, 5.41) is 2.89. The zero-order valence-corrected chi connectivity index (χ0v) is 18.8. The van der Waals surface area contributed by atoms with E-state index in [1.165, 1.54) is 18.2 Å². The molecule has 0 aromatic heterocycles. The standard InChI is InChI=1S/C24H27F3N4O3/c1-29(15-19-10-5-6-11-20(19)34-24(25,26)27)17-31-21(32)23(28-22(31)33)12-7-13-30(16-23)14-18-8-3-2-4-9-18/h2-6,8-11H,7,12-17H2,1H3,(H,28,33)/t23-/m0/s1. The molecule has 2 saturated heterocycles. The van der Waals surface area contributed by atoms with Crippen molar-refractivity contribution >= 4 is 11.9 Å². The average molecular weight is 476 g/mol. The highest BCUT2D eigenvalue weighted by Gasteiger charge is 2.53. The minimum absolute atomic E-state index is 0.0501. The molecule has 2 heterocycles. The van der Waals surface area contributed by atoms with E-state index in [-0.39, 0.29) is 24.9 Å². The van der Waals surface area contributed by atoms with Crippen LogP contribution in [-0.4, -0.2) is 65.3 Å². The number of likely N-dealkylation sites (tertiary alicyclic amines) is 1. The minimum Gasteiger partial charge on any atom is -0.405 e. The maximum absolute atomic E-state index is 13.3. The Morgan fingerprint density at radius 3 is 2.53 bits per heavy atom. The number of alkyl halides is 3. The number of para-hydroxylation sites is 1. The second kappa shape index (κ2) is 9.63. The monoisotopic (exact) mass is 476 g/mol.